The van der Waals surface area contributed by atoms with Gasteiger partial charge in [0.2, 0.25) is 0 Å². The topological polar surface area (TPSA) is 52.0 Å². The molecule has 108 valence electrons. The van der Waals surface area contributed by atoms with Gasteiger partial charge in [-0.3, -0.25) is 9.59 Å². The standard InChI is InChI=1S/C18H14N2O2/c1-13-17(18(22)14-8-4-2-5-9-14)16(12-21)20(19-13)15-10-6-3-7-11-15/h2-12H,1H3. The van der Waals surface area contributed by atoms with Crippen LogP contribution in [0.4, 0.5) is 0 Å². The number of carbonyl (C=O) groups excluding carboxylic acids is 2. The fourth-order valence-corrected chi connectivity index (χ4v) is 2.43. The number of nitrogens with zero attached hydrogens (tertiary/aromatic N) is 2. The molecule has 0 saturated heterocycles. The zero-order valence-electron chi connectivity index (χ0n) is 12.1. The van der Waals surface area contributed by atoms with Gasteiger partial charge in [0.25, 0.3) is 0 Å². The second-order valence-corrected chi connectivity index (χ2v) is 4.91. The molecule has 0 fully saturated rings. The molecule has 0 unspecified atom stereocenters. The van der Waals surface area contributed by atoms with E-state index in [9.17, 15) is 9.59 Å². The van der Waals surface area contributed by atoms with Crippen molar-refractivity contribution in [2.24, 2.45) is 0 Å². The lowest BCUT2D eigenvalue weighted by Crippen LogP contribution is -2.07. The maximum absolute atomic E-state index is 12.7. The number of carbonyl (C=O) groups is 2. The Hall–Kier alpha value is -3.01. The molecule has 0 saturated carbocycles. The maximum Gasteiger partial charge on any atom is 0.197 e. The van der Waals surface area contributed by atoms with Crippen LogP contribution < -0.4 is 0 Å². The third-order valence-electron chi connectivity index (χ3n) is 3.47. The van der Waals surface area contributed by atoms with E-state index in [4.69, 9.17) is 0 Å². The summed E-state index contributed by atoms with van der Waals surface area (Å²) >= 11 is 0. The van der Waals surface area contributed by atoms with Crippen LogP contribution in [0.1, 0.15) is 32.1 Å². The molecule has 2 aromatic carbocycles. The van der Waals surface area contributed by atoms with Crippen LogP contribution in [0.25, 0.3) is 5.69 Å². The highest BCUT2D eigenvalue weighted by Gasteiger charge is 2.22. The summed E-state index contributed by atoms with van der Waals surface area (Å²) in [7, 11) is 0. The maximum atomic E-state index is 12.7. The van der Waals surface area contributed by atoms with Crippen molar-refractivity contribution >= 4 is 12.1 Å². The van der Waals surface area contributed by atoms with Crippen LogP contribution in [0.15, 0.2) is 60.7 Å². The second kappa shape index (κ2) is 5.77. The molecule has 0 aliphatic rings. The molecular formula is C18H14N2O2. The number of para-hydroxylation sites is 1. The highest BCUT2D eigenvalue weighted by molar-refractivity contribution is 6.13. The van der Waals surface area contributed by atoms with Crippen LogP contribution in [-0.2, 0) is 0 Å². The molecule has 1 aromatic heterocycles. The Kier molecular flexibility index (Phi) is 3.66. The predicted molar refractivity (Wildman–Crippen MR) is 83.6 cm³/mol. The fraction of sp³-hybridized carbons (Fsp3) is 0.0556. The predicted octanol–water partition coefficient (Wildman–Crippen LogP) is 3.22. The number of aryl methyl sites for hydroxylation is 1. The SMILES string of the molecule is Cc1nn(-c2ccccc2)c(C=O)c1C(=O)c1ccccc1. The van der Waals surface area contributed by atoms with Crippen LogP contribution >= 0.6 is 0 Å². The van der Waals surface area contributed by atoms with Crippen molar-refractivity contribution in [1.29, 1.82) is 0 Å². The lowest BCUT2D eigenvalue weighted by atomic mass is 10.0. The monoisotopic (exact) mass is 290 g/mol. The zero-order valence-corrected chi connectivity index (χ0v) is 12.1. The van der Waals surface area contributed by atoms with E-state index in [1.54, 1.807) is 31.2 Å². The van der Waals surface area contributed by atoms with Crippen molar-refractivity contribution in [1.82, 2.24) is 9.78 Å². The van der Waals surface area contributed by atoms with E-state index in [2.05, 4.69) is 5.10 Å². The molecule has 22 heavy (non-hydrogen) atoms. The number of ketones is 1. The fourth-order valence-electron chi connectivity index (χ4n) is 2.43. The van der Waals surface area contributed by atoms with Gasteiger partial charge in [0, 0.05) is 5.56 Å². The third kappa shape index (κ3) is 2.35. The minimum atomic E-state index is -0.192. The van der Waals surface area contributed by atoms with Crippen molar-refractivity contribution in [2.45, 2.75) is 6.92 Å². The van der Waals surface area contributed by atoms with Crippen molar-refractivity contribution in [3.63, 3.8) is 0 Å². The average molecular weight is 290 g/mol. The summed E-state index contributed by atoms with van der Waals surface area (Å²) in [4.78, 5) is 24.2. The summed E-state index contributed by atoms with van der Waals surface area (Å²) in [5, 5.41) is 4.36. The van der Waals surface area contributed by atoms with Crippen molar-refractivity contribution in [3.8, 4) is 5.69 Å². The number of rotatable bonds is 4. The number of hydrogen-bond donors (Lipinski definition) is 0. The molecule has 3 rings (SSSR count). The minimum absolute atomic E-state index is 0.192. The Morgan fingerprint density at radius 3 is 2.18 bits per heavy atom. The van der Waals surface area contributed by atoms with Gasteiger partial charge in [-0.15, -0.1) is 0 Å². The van der Waals surface area contributed by atoms with Gasteiger partial charge >= 0.3 is 0 Å². The molecule has 0 aliphatic heterocycles. The average Bonchev–Trinajstić information content (AvgIpc) is 2.92. The molecule has 3 aromatic rings. The lowest BCUT2D eigenvalue weighted by Gasteiger charge is -2.04. The van der Waals surface area contributed by atoms with E-state index in [1.807, 2.05) is 36.4 Å². The normalized spacial score (nSPS) is 10.4. The summed E-state index contributed by atoms with van der Waals surface area (Å²) < 4.78 is 1.51. The highest BCUT2D eigenvalue weighted by atomic mass is 16.1. The van der Waals surface area contributed by atoms with Gasteiger partial charge in [-0.2, -0.15) is 5.10 Å². The van der Waals surface area contributed by atoms with Gasteiger partial charge in [0.1, 0.15) is 5.69 Å². The zero-order chi connectivity index (χ0) is 15.5. The van der Waals surface area contributed by atoms with E-state index < -0.39 is 0 Å². The van der Waals surface area contributed by atoms with Gasteiger partial charge < -0.3 is 0 Å². The summed E-state index contributed by atoms with van der Waals surface area (Å²) in [5.41, 5.74) is 2.46. The first-order chi connectivity index (χ1) is 10.7. The summed E-state index contributed by atoms with van der Waals surface area (Å²) in [6, 6.07) is 18.2. The molecular weight excluding hydrogens is 276 g/mol. The Morgan fingerprint density at radius 2 is 1.59 bits per heavy atom. The molecule has 4 heteroatoms. The van der Waals surface area contributed by atoms with Crippen LogP contribution in [-0.4, -0.2) is 21.8 Å². The summed E-state index contributed by atoms with van der Waals surface area (Å²) in [5.74, 6) is -0.192. The van der Waals surface area contributed by atoms with Crippen LogP contribution in [0.2, 0.25) is 0 Å². The largest absolute Gasteiger partial charge is 0.296 e. The Morgan fingerprint density at radius 1 is 1.00 bits per heavy atom. The molecule has 1 heterocycles. The number of hydrogen-bond acceptors (Lipinski definition) is 3. The first kappa shape index (κ1) is 13.9. The summed E-state index contributed by atoms with van der Waals surface area (Å²) in [6.07, 6.45) is 0.684. The van der Waals surface area contributed by atoms with Crippen LogP contribution in [0, 0.1) is 6.92 Å². The highest BCUT2D eigenvalue weighted by Crippen LogP contribution is 2.20. The first-order valence-corrected chi connectivity index (χ1v) is 6.92. The molecule has 4 nitrogen and oxygen atoms in total. The number of benzene rings is 2. The molecule has 0 spiro atoms. The van der Waals surface area contributed by atoms with E-state index in [1.165, 1.54) is 4.68 Å². The molecule has 0 aliphatic carbocycles. The van der Waals surface area contributed by atoms with Gasteiger partial charge in [0.05, 0.1) is 16.9 Å². The van der Waals surface area contributed by atoms with E-state index >= 15 is 0 Å². The van der Waals surface area contributed by atoms with Gasteiger partial charge in [-0.25, -0.2) is 4.68 Å². The van der Waals surface area contributed by atoms with E-state index in [0.29, 0.717) is 23.1 Å². The quantitative estimate of drug-likeness (QED) is 0.547. The first-order valence-electron chi connectivity index (χ1n) is 6.92. The molecule has 0 radical (unpaired) electrons. The minimum Gasteiger partial charge on any atom is -0.296 e. The molecule has 0 bridgehead atoms. The lowest BCUT2D eigenvalue weighted by molar-refractivity contribution is 0.102. The van der Waals surface area contributed by atoms with Crippen molar-refractivity contribution < 1.29 is 9.59 Å². The molecule has 0 amide bonds. The van der Waals surface area contributed by atoms with Gasteiger partial charge in [-0.05, 0) is 19.1 Å². The van der Waals surface area contributed by atoms with E-state index in [0.717, 1.165) is 5.69 Å². The second-order valence-electron chi connectivity index (χ2n) is 4.91. The number of aromatic nitrogens is 2. The van der Waals surface area contributed by atoms with Crippen molar-refractivity contribution in [2.75, 3.05) is 0 Å². The third-order valence-corrected chi connectivity index (χ3v) is 3.47. The van der Waals surface area contributed by atoms with Crippen molar-refractivity contribution in [3.05, 3.63) is 83.2 Å². The van der Waals surface area contributed by atoms with Crippen LogP contribution in [0.3, 0.4) is 0 Å². The smallest absolute Gasteiger partial charge is 0.197 e. The Bertz CT molecular complexity index is 821. The van der Waals surface area contributed by atoms with Gasteiger partial charge in [-0.1, -0.05) is 48.5 Å². The summed E-state index contributed by atoms with van der Waals surface area (Å²) in [6.45, 7) is 1.74. The Balaban J connectivity index is 2.16. The van der Waals surface area contributed by atoms with Crippen LogP contribution in [0.5, 0.6) is 0 Å². The van der Waals surface area contributed by atoms with Gasteiger partial charge in [0.15, 0.2) is 12.1 Å². The number of aldehydes is 1. The van der Waals surface area contributed by atoms with E-state index in [-0.39, 0.29) is 11.5 Å². The molecule has 0 N–H and O–H groups in total. The Labute approximate surface area is 128 Å². The molecule has 0 atom stereocenters.